The Morgan fingerprint density at radius 1 is 0.963 bits per heavy atom. The molecule has 2 aromatic carbocycles. The van der Waals surface area contributed by atoms with Crippen molar-refractivity contribution >= 4 is 88.0 Å². The summed E-state index contributed by atoms with van der Waals surface area (Å²) >= 11 is 6.03. The zero-order valence-corrected chi connectivity index (χ0v) is 22.4. The third kappa shape index (κ3) is 5.46. The second kappa shape index (κ2) is 8.57. The molecular weight excluding hydrogens is 733 g/mol. The molecule has 148 valence electrons. The number of aryl methyl sites for hydroxylation is 1. The average Bonchev–Trinajstić information content (AvgIpc) is 2.50. The van der Waals surface area contributed by atoms with Crippen molar-refractivity contribution in [3.8, 4) is 5.75 Å². The highest BCUT2D eigenvalue weighted by atomic mass is 127. The molecule has 0 aliphatic rings. The number of rotatable bonds is 5. The van der Waals surface area contributed by atoms with Gasteiger partial charge in [0.1, 0.15) is 10.6 Å². The Bertz CT molecular complexity index is 1110. The van der Waals surface area contributed by atoms with Gasteiger partial charge in [0, 0.05) is 10.7 Å². The van der Waals surface area contributed by atoms with E-state index in [-0.39, 0.29) is 32.6 Å². The highest BCUT2D eigenvalue weighted by molar-refractivity contribution is 14.1. The molecule has 2 aromatic rings. The Labute approximate surface area is 199 Å². The first-order chi connectivity index (χ1) is 12.2. The van der Waals surface area contributed by atoms with Crippen molar-refractivity contribution in [2.24, 2.45) is 0 Å². The van der Waals surface area contributed by atoms with Crippen molar-refractivity contribution in [3.05, 3.63) is 46.1 Å². The summed E-state index contributed by atoms with van der Waals surface area (Å²) in [6, 6.07) is 5.95. The number of halogens is 3. The fourth-order valence-electron chi connectivity index (χ4n) is 2.32. The van der Waals surface area contributed by atoms with Crippen molar-refractivity contribution in [2.45, 2.75) is 36.5 Å². The molecule has 11 heteroatoms. The van der Waals surface area contributed by atoms with Gasteiger partial charge in [-0.3, -0.25) is 4.55 Å². The molecule has 0 fully saturated rings. The van der Waals surface area contributed by atoms with Crippen molar-refractivity contribution in [2.75, 3.05) is 0 Å². The highest BCUT2D eigenvalue weighted by Gasteiger charge is 2.26. The van der Waals surface area contributed by atoms with Crippen LogP contribution in [0, 0.1) is 17.6 Å². The summed E-state index contributed by atoms with van der Waals surface area (Å²) in [7, 11) is -8.57. The molecule has 27 heavy (non-hydrogen) atoms. The van der Waals surface area contributed by atoms with E-state index in [1.165, 1.54) is 25.1 Å². The quantitative estimate of drug-likeness (QED) is 0.202. The Balaban J connectivity index is 2.62. The maximum absolute atomic E-state index is 12.8. The average molecular weight is 748 g/mol. The minimum Gasteiger partial charge on any atom is -0.379 e. The van der Waals surface area contributed by atoms with Crippen molar-refractivity contribution in [1.29, 1.82) is 0 Å². The first-order valence-electron chi connectivity index (χ1n) is 7.45. The second-order valence-corrected chi connectivity index (χ2v) is 12.4. The van der Waals surface area contributed by atoms with Crippen LogP contribution in [0.25, 0.3) is 0 Å². The molecule has 6 nitrogen and oxygen atoms in total. The van der Waals surface area contributed by atoms with E-state index in [1.807, 2.05) is 51.2 Å². The van der Waals surface area contributed by atoms with Crippen molar-refractivity contribution in [3.63, 3.8) is 0 Å². The zero-order valence-electron chi connectivity index (χ0n) is 14.3. The molecule has 0 aromatic heterocycles. The van der Waals surface area contributed by atoms with E-state index in [2.05, 4.69) is 22.6 Å². The molecular formula is C16H15I3O6S2. The minimum absolute atomic E-state index is 0.0239. The van der Waals surface area contributed by atoms with Crippen LogP contribution < -0.4 is 4.18 Å². The molecule has 0 saturated heterocycles. The predicted molar refractivity (Wildman–Crippen MR) is 127 cm³/mol. The van der Waals surface area contributed by atoms with Gasteiger partial charge in [-0.2, -0.15) is 16.8 Å². The van der Waals surface area contributed by atoms with Gasteiger partial charge in [0.05, 0.1) is 4.90 Å². The predicted octanol–water partition coefficient (Wildman–Crippen LogP) is 4.95. The summed E-state index contributed by atoms with van der Waals surface area (Å²) in [6.07, 6.45) is 0. The Morgan fingerprint density at radius 3 is 2.07 bits per heavy atom. The van der Waals surface area contributed by atoms with Gasteiger partial charge >= 0.3 is 10.1 Å². The lowest BCUT2D eigenvalue weighted by atomic mass is 10.0. The van der Waals surface area contributed by atoms with Gasteiger partial charge < -0.3 is 4.18 Å². The van der Waals surface area contributed by atoms with Gasteiger partial charge in [-0.05, 0) is 116 Å². The normalized spacial score (nSPS) is 12.4. The van der Waals surface area contributed by atoms with Crippen LogP contribution in [0.1, 0.15) is 30.9 Å². The van der Waals surface area contributed by atoms with E-state index in [1.54, 1.807) is 13.8 Å². The summed E-state index contributed by atoms with van der Waals surface area (Å²) < 4.78 is 65.8. The minimum atomic E-state index is -4.44. The highest BCUT2D eigenvalue weighted by Crippen LogP contribution is 2.34. The maximum atomic E-state index is 12.8. The van der Waals surface area contributed by atoms with E-state index in [4.69, 9.17) is 4.18 Å². The standard InChI is InChI=1S/C16H15I3O6S2/c1-8(2)11-7-13(9(3)4-14(11)26(20,21)22)25-27(23,24)15-6-10(17)5-12(18)16(15)19/h4-8H,1-3H3,(H,20,21,22). The van der Waals surface area contributed by atoms with Gasteiger partial charge in [0.2, 0.25) is 0 Å². The lowest BCUT2D eigenvalue weighted by Gasteiger charge is -2.16. The van der Waals surface area contributed by atoms with Crippen molar-refractivity contribution in [1.82, 2.24) is 0 Å². The van der Waals surface area contributed by atoms with Crippen molar-refractivity contribution < 1.29 is 25.6 Å². The van der Waals surface area contributed by atoms with Crippen LogP contribution in [0.3, 0.4) is 0 Å². The van der Waals surface area contributed by atoms with Crippen LogP contribution in [0.4, 0.5) is 0 Å². The molecule has 0 aliphatic carbocycles. The molecule has 0 spiro atoms. The fraction of sp³-hybridized carbons (Fsp3) is 0.250. The summed E-state index contributed by atoms with van der Waals surface area (Å²) in [5, 5.41) is 0. The Kier molecular flexibility index (Phi) is 7.48. The van der Waals surface area contributed by atoms with E-state index in [0.29, 0.717) is 3.57 Å². The summed E-state index contributed by atoms with van der Waals surface area (Å²) in [4.78, 5) is -0.207. The molecule has 0 unspecified atom stereocenters. The van der Waals surface area contributed by atoms with E-state index in [9.17, 15) is 21.4 Å². The molecule has 0 amide bonds. The van der Waals surface area contributed by atoms with E-state index in [0.717, 1.165) is 7.14 Å². The number of hydrogen-bond acceptors (Lipinski definition) is 5. The van der Waals surface area contributed by atoms with E-state index >= 15 is 0 Å². The number of benzene rings is 2. The topological polar surface area (TPSA) is 97.7 Å². The molecule has 0 bridgehead atoms. The summed E-state index contributed by atoms with van der Waals surface area (Å²) in [6.45, 7) is 5.00. The van der Waals surface area contributed by atoms with Crippen LogP contribution in [0.2, 0.25) is 0 Å². The SMILES string of the molecule is Cc1cc(S(=O)(=O)O)c(C(C)C)cc1OS(=O)(=O)c1cc(I)cc(I)c1I. The van der Waals surface area contributed by atoms with Gasteiger partial charge in [0.25, 0.3) is 10.1 Å². The largest absolute Gasteiger partial charge is 0.379 e. The molecule has 0 radical (unpaired) electrons. The molecule has 0 heterocycles. The molecule has 1 N–H and O–H groups in total. The first-order valence-corrected chi connectivity index (χ1v) is 13.5. The smallest absolute Gasteiger partial charge is 0.340 e. The van der Waals surface area contributed by atoms with Crippen LogP contribution >= 0.6 is 67.8 Å². The van der Waals surface area contributed by atoms with Crippen LogP contribution in [0.5, 0.6) is 5.75 Å². The third-order valence-electron chi connectivity index (χ3n) is 3.64. The first kappa shape index (κ1) is 23.6. The lowest BCUT2D eigenvalue weighted by Crippen LogP contribution is -2.14. The Hall–Kier alpha value is 0.290. The second-order valence-electron chi connectivity index (χ2n) is 6.02. The molecule has 2 rings (SSSR count). The lowest BCUT2D eigenvalue weighted by molar-refractivity contribution is 0.478. The summed E-state index contributed by atoms with van der Waals surface area (Å²) in [5.74, 6) is -0.248. The van der Waals surface area contributed by atoms with Gasteiger partial charge in [-0.1, -0.05) is 13.8 Å². The number of hydrogen-bond donors (Lipinski definition) is 1. The van der Waals surface area contributed by atoms with Crippen LogP contribution in [-0.2, 0) is 20.2 Å². The monoisotopic (exact) mass is 748 g/mol. The fourth-order valence-corrected chi connectivity index (χ4v) is 7.70. The van der Waals surface area contributed by atoms with Gasteiger partial charge in [-0.25, -0.2) is 0 Å². The zero-order chi connectivity index (χ0) is 20.7. The maximum Gasteiger partial charge on any atom is 0.340 e. The third-order valence-corrected chi connectivity index (χ3v) is 9.84. The Morgan fingerprint density at radius 2 is 1.56 bits per heavy atom. The van der Waals surface area contributed by atoms with E-state index < -0.39 is 20.2 Å². The molecule has 0 aliphatic heterocycles. The van der Waals surface area contributed by atoms with Crippen LogP contribution in [0.15, 0.2) is 34.1 Å². The molecule has 0 atom stereocenters. The van der Waals surface area contributed by atoms with Crippen LogP contribution in [-0.4, -0.2) is 21.4 Å². The van der Waals surface area contributed by atoms with Gasteiger partial charge in [-0.15, -0.1) is 0 Å². The summed E-state index contributed by atoms with van der Waals surface area (Å²) in [5.41, 5.74) is 0.561. The van der Waals surface area contributed by atoms with Gasteiger partial charge in [0.15, 0.2) is 0 Å². The molecule has 0 saturated carbocycles.